The average molecular weight is 291 g/mol. The fourth-order valence-corrected chi connectivity index (χ4v) is 2.68. The van der Waals surface area contributed by atoms with Crippen LogP contribution in [0.15, 0.2) is 59.9 Å². The maximum absolute atomic E-state index is 12.8. The molecule has 0 saturated heterocycles. The van der Waals surface area contributed by atoms with Crippen LogP contribution in [0.2, 0.25) is 0 Å². The third-order valence-corrected chi connectivity index (χ3v) is 3.90. The fraction of sp³-hybridized carbons (Fsp3) is 0.125. The Morgan fingerprint density at radius 3 is 2.73 bits per heavy atom. The number of aromatic nitrogens is 5. The van der Waals surface area contributed by atoms with E-state index in [1.165, 1.54) is 6.33 Å². The summed E-state index contributed by atoms with van der Waals surface area (Å²) in [5.74, 6) is 0.487. The van der Waals surface area contributed by atoms with Gasteiger partial charge in [0.25, 0.3) is 11.3 Å². The number of pyridine rings is 1. The van der Waals surface area contributed by atoms with Crippen LogP contribution in [0.25, 0.3) is 16.7 Å². The Hall–Kier alpha value is -3.02. The van der Waals surface area contributed by atoms with Crippen LogP contribution in [0.3, 0.4) is 0 Å². The molecule has 4 rings (SSSR count). The first-order valence-electron chi connectivity index (χ1n) is 7.00. The van der Waals surface area contributed by atoms with Crippen molar-refractivity contribution in [2.75, 3.05) is 0 Å². The minimum Gasteiger partial charge on any atom is -0.308 e. The van der Waals surface area contributed by atoms with Gasteiger partial charge in [0.15, 0.2) is 0 Å². The van der Waals surface area contributed by atoms with Crippen LogP contribution in [-0.4, -0.2) is 24.1 Å². The lowest BCUT2D eigenvalue weighted by molar-refractivity contribution is 0.619. The minimum atomic E-state index is -0.0845. The molecular formula is C16H13N5O. The van der Waals surface area contributed by atoms with Crippen molar-refractivity contribution in [2.45, 2.75) is 13.0 Å². The summed E-state index contributed by atoms with van der Waals surface area (Å²) < 4.78 is 3.29. The van der Waals surface area contributed by atoms with Crippen molar-refractivity contribution >= 4 is 16.7 Å². The summed E-state index contributed by atoms with van der Waals surface area (Å²) in [4.78, 5) is 21.0. The van der Waals surface area contributed by atoms with E-state index in [4.69, 9.17) is 0 Å². The zero-order valence-corrected chi connectivity index (χ0v) is 11.9. The molecule has 0 aliphatic rings. The number of rotatable bonds is 2. The Morgan fingerprint density at radius 2 is 1.91 bits per heavy atom. The monoisotopic (exact) mass is 291 g/mol. The fourth-order valence-electron chi connectivity index (χ4n) is 2.68. The third kappa shape index (κ3) is 1.81. The van der Waals surface area contributed by atoms with E-state index in [9.17, 15) is 4.79 Å². The van der Waals surface area contributed by atoms with E-state index < -0.39 is 0 Å². The van der Waals surface area contributed by atoms with Gasteiger partial charge in [-0.25, -0.2) is 4.98 Å². The molecule has 4 aromatic rings. The van der Waals surface area contributed by atoms with E-state index in [1.54, 1.807) is 21.5 Å². The molecule has 3 aromatic heterocycles. The second-order valence-corrected chi connectivity index (χ2v) is 5.14. The van der Waals surface area contributed by atoms with Gasteiger partial charge in [0.1, 0.15) is 6.33 Å². The van der Waals surface area contributed by atoms with Crippen molar-refractivity contribution < 1.29 is 0 Å². The third-order valence-electron chi connectivity index (χ3n) is 3.90. The van der Waals surface area contributed by atoms with Crippen LogP contribution in [-0.2, 0) is 0 Å². The van der Waals surface area contributed by atoms with E-state index in [1.807, 2.05) is 43.3 Å². The molecule has 0 aliphatic heterocycles. The van der Waals surface area contributed by atoms with Gasteiger partial charge in [-0.3, -0.25) is 4.79 Å². The topological polar surface area (TPSA) is 65.1 Å². The van der Waals surface area contributed by atoms with Crippen molar-refractivity contribution in [1.29, 1.82) is 0 Å². The van der Waals surface area contributed by atoms with Crippen molar-refractivity contribution in [3.63, 3.8) is 0 Å². The molecule has 6 nitrogen and oxygen atoms in total. The van der Waals surface area contributed by atoms with Gasteiger partial charge < -0.3 is 4.57 Å². The van der Waals surface area contributed by atoms with Gasteiger partial charge in [-0.2, -0.15) is 14.6 Å². The molecule has 1 atom stereocenters. The largest absolute Gasteiger partial charge is 0.308 e. The lowest BCUT2D eigenvalue weighted by Gasteiger charge is -2.16. The van der Waals surface area contributed by atoms with E-state index in [0.29, 0.717) is 16.7 Å². The quantitative estimate of drug-likeness (QED) is 0.567. The molecule has 0 radical (unpaired) electrons. The van der Waals surface area contributed by atoms with E-state index in [0.717, 1.165) is 5.56 Å². The van der Waals surface area contributed by atoms with Gasteiger partial charge in [-0.1, -0.05) is 30.3 Å². The van der Waals surface area contributed by atoms with Gasteiger partial charge in [0.05, 0.1) is 16.9 Å². The average Bonchev–Trinajstić information content (AvgIpc) is 3.04. The van der Waals surface area contributed by atoms with Gasteiger partial charge in [0, 0.05) is 12.4 Å². The molecule has 1 unspecified atom stereocenters. The molecule has 3 heterocycles. The van der Waals surface area contributed by atoms with Crippen molar-refractivity contribution in [2.24, 2.45) is 0 Å². The Balaban J connectivity index is 1.95. The summed E-state index contributed by atoms with van der Waals surface area (Å²) >= 11 is 0. The molecule has 0 N–H and O–H groups in total. The SMILES string of the molecule is CC(c1ccccc1)n1ccc2c(cnc3ncnn32)c1=O. The molecule has 6 heteroatoms. The highest BCUT2D eigenvalue weighted by molar-refractivity contribution is 5.78. The minimum absolute atomic E-state index is 0.0513. The van der Waals surface area contributed by atoms with Crippen molar-refractivity contribution in [3.05, 3.63) is 71.0 Å². The standard InChI is InChI=1S/C16H13N5O/c1-11(12-5-3-2-4-6-12)20-8-7-14-13(15(20)22)9-17-16-18-10-19-21(14)16/h2-11H,1H3. The molecule has 22 heavy (non-hydrogen) atoms. The molecule has 1 aromatic carbocycles. The number of hydrogen-bond acceptors (Lipinski definition) is 4. The first-order valence-corrected chi connectivity index (χ1v) is 7.00. The zero-order valence-electron chi connectivity index (χ0n) is 11.9. The highest BCUT2D eigenvalue weighted by Gasteiger charge is 2.13. The first kappa shape index (κ1) is 12.7. The predicted octanol–water partition coefficient (Wildman–Crippen LogP) is 2.05. The highest BCUT2D eigenvalue weighted by Crippen LogP contribution is 2.17. The van der Waals surface area contributed by atoms with Gasteiger partial charge in [-0.05, 0) is 18.6 Å². The van der Waals surface area contributed by atoms with Crippen LogP contribution in [0.1, 0.15) is 18.5 Å². The van der Waals surface area contributed by atoms with Gasteiger partial charge in [-0.15, -0.1) is 0 Å². The van der Waals surface area contributed by atoms with E-state index in [-0.39, 0.29) is 11.6 Å². The van der Waals surface area contributed by atoms with Crippen LogP contribution in [0.4, 0.5) is 0 Å². The molecule has 0 fully saturated rings. The molecule has 0 saturated carbocycles. The number of benzene rings is 1. The zero-order chi connectivity index (χ0) is 15.1. The smallest absolute Gasteiger partial charge is 0.262 e. The summed E-state index contributed by atoms with van der Waals surface area (Å²) in [6, 6.07) is 11.8. The maximum atomic E-state index is 12.8. The summed E-state index contributed by atoms with van der Waals surface area (Å²) in [6.07, 6.45) is 4.79. The van der Waals surface area contributed by atoms with Crippen LogP contribution >= 0.6 is 0 Å². The van der Waals surface area contributed by atoms with Crippen LogP contribution in [0.5, 0.6) is 0 Å². The van der Waals surface area contributed by atoms with E-state index >= 15 is 0 Å². The molecule has 0 aliphatic carbocycles. The van der Waals surface area contributed by atoms with Gasteiger partial charge in [0.2, 0.25) is 0 Å². The Bertz CT molecular complexity index is 1020. The number of nitrogens with zero attached hydrogens (tertiary/aromatic N) is 5. The second-order valence-electron chi connectivity index (χ2n) is 5.14. The summed E-state index contributed by atoms with van der Waals surface area (Å²) in [5, 5.41) is 4.65. The Labute approximate surface area is 125 Å². The van der Waals surface area contributed by atoms with Crippen molar-refractivity contribution in [3.8, 4) is 0 Å². The number of hydrogen-bond donors (Lipinski definition) is 0. The summed E-state index contributed by atoms with van der Waals surface area (Å²) in [5.41, 5.74) is 1.71. The lowest BCUT2D eigenvalue weighted by Crippen LogP contribution is -2.24. The Kier molecular flexibility index (Phi) is 2.75. The van der Waals surface area contributed by atoms with E-state index in [2.05, 4.69) is 15.1 Å². The summed E-state index contributed by atoms with van der Waals surface area (Å²) in [6.45, 7) is 2.00. The predicted molar refractivity (Wildman–Crippen MR) is 82.8 cm³/mol. The van der Waals surface area contributed by atoms with Gasteiger partial charge >= 0.3 is 0 Å². The van der Waals surface area contributed by atoms with Crippen LogP contribution in [0, 0.1) is 0 Å². The highest BCUT2D eigenvalue weighted by atomic mass is 16.1. The normalized spacial score (nSPS) is 12.8. The lowest BCUT2D eigenvalue weighted by atomic mass is 10.1. The molecule has 0 amide bonds. The maximum Gasteiger partial charge on any atom is 0.262 e. The molecule has 108 valence electrons. The molecule has 0 bridgehead atoms. The summed E-state index contributed by atoms with van der Waals surface area (Å²) in [7, 11) is 0. The number of fused-ring (bicyclic) bond motifs is 3. The van der Waals surface area contributed by atoms with Crippen molar-refractivity contribution in [1.82, 2.24) is 24.1 Å². The van der Waals surface area contributed by atoms with Crippen LogP contribution < -0.4 is 5.56 Å². The Morgan fingerprint density at radius 1 is 1.09 bits per heavy atom. The molecule has 0 spiro atoms. The molecular weight excluding hydrogens is 278 g/mol. The second kappa shape index (κ2) is 4.77. The first-order chi connectivity index (χ1) is 10.8.